The largest absolute Gasteiger partial charge is 0.467 e. The summed E-state index contributed by atoms with van der Waals surface area (Å²) in [6.07, 6.45) is 10.2. The van der Waals surface area contributed by atoms with Crippen LogP contribution in [0.2, 0.25) is 0 Å². The van der Waals surface area contributed by atoms with Crippen molar-refractivity contribution >= 4 is 11.7 Å². The van der Waals surface area contributed by atoms with Gasteiger partial charge in [0.15, 0.2) is 0 Å². The molecule has 0 aromatic carbocycles. The molecular formula is C18H16N6O2. The van der Waals surface area contributed by atoms with Gasteiger partial charge in [-0.1, -0.05) is 0 Å². The van der Waals surface area contributed by atoms with E-state index in [-0.39, 0.29) is 12.5 Å². The van der Waals surface area contributed by atoms with Gasteiger partial charge in [0.1, 0.15) is 24.7 Å². The number of amides is 1. The average molecular weight is 348 g/mol. The van der Waals surface area contributed by atoms with Crippen molar-refractivity contribution in [3.05, 3.63) is 73.3 Å². The Morgan fingerprint density at radius 3 is 2.77 bits per heavy atom. The van der Waals surface area contributed by atoms with Crippen molar-refractivity contribution in [3.8, 4) is 11.1 Å². The fraction of sp³-hybridized carbons (Fsp3) is 0.111. The smallest absolute Gasteiger partial charge is 0.247 e. The van der Waals surface area contributed by atoms with E-state index >= 15 is 0 Å². The summed E-state index contributed by atoms with van der Waals surface area (Å²) in [6, 6.07) is 9.21. The molecule has 4 aromatic rings. The molecule has 130 valence electrons. The standard InChI is InChI=1S/C18H16N6O2/c25-18(13-23-11-15(10-21-23)14-3-6-19-7-4-14)22-17-5-8-20-24(17)12-16-2-1-9-26-16/h1-11H,12-13H2,(H,22,25). The van der Waals surface area contributed by atoms with Crippen molar-refractivity contribution in [2.75, 3.05) is 5.32 Å². The van der Waals surface area contributed by atoms with E-state index in [0.717, 1.165) is 16.9 Å². The van der Waals surface area contributed by atoms with E-state index in [4.69, 9.17) is 4.42 Å². The second kappa shape index (κ2) is 7.06. The second-order valence-corrected chi connectivity index (χ2v) is 5.66. The summed E-state index contributed by atoms with van der Waals surface area (Å²) in [4.78, 5) is 16.3. The van der Waals surface area contributed by atoms with E-state index in [1.807, 2.05) is 30.5 Å². The molecule has 0 saturated carbocycles. The van der Waals surface area contributed by atoms with Crippen molar-refractivity contribution in [1.29, 1.82) is 0 Å². The maximum atomic E-state index is 12.3. The first-order chi connectivity index (χ1) is 12.8. The highest BCUT2D eigenvalue weighted by Gasteiger charge is 2.10. The molecule has 0 saturated heterocycles. The SMILES string of the molecule is O=C(Cn1cc(-c2ccncc2)cn1)Nc1ccnn1Cc1ccco1. The zero-order valence-electron chi connectivity index (χ0n) is 13.8. The van der Waals surface area contributed by atoms with Crippen LogP contribution in [0.1, 0.15) is 5.76 Å². The summed E-state index contributed by atoms with van der Waals surface area (Å²) in [7, 11) is 0. The quantitative estimate of drug-likeness (QED) is 0.578. The van der Waals surface area contributed by atoms with Crippen LogP contribution in [0.15, 0.2) is 72.0 Å². The third-order valence-electron chi connectivity index (χ3n) is 3.82. The third kappa shape index (κ3) is 3.54. The summed E-state index contributed by atoms with van der Waals surface area (Å²) in [5, 5.41) is 11.3. The molecule has 0 aliphatic carbocycles. The molecule has 0 fully saturated rings. The van der Waals surface area contributed by atoms with E-state index in [1.54, 1.807) is 46.5 Å². The average Bonchev–Trinajstić information content (AvgIpc) is 3.40. The van der Waals surface area contributed by atoms with Gasteiger partial charge in [-0.3, -0.25) is 14.5 Å². The molecule has 0 aliphatic rings. The van der Waals surface area contributed by atoms with E-state index in [1.165, 1.54) is 0 Å². The number of hydrogen-bond acceptors (Lipinski definition) is 5. The van der Waals surface area contributed by atoms with Crippen molar-refractivity contribution < 1.29 is 9.21 Å². The van der Waals surface area contributed by atoms with Gasteiger partial charge in [0.05, 0.1) is 18.7 Å². The number of hydrogen-bond donors (Lipinski definition) is 1. The maximum Gasteiger partial charge on any atom is 0.247 e. The van der Waals surface area contributed by atoms with Gasteiger partial charge >= 0.3 is 0 Å². The number of anilines is 1. The Morgan fingerprint density at radius 1 is 1.08 bits per heavy atom. The molecule has 0 unspecified atom stereocenters. The van der Waals surface area contributed by atoms with E-state index < -0.39 is 0 Å². The molecule has 4 heterocycles. The fourth-order valence-corrected chi connectivity index (χ4v) is 2.59. The highest BCUT2D eigenvalue weighted by molar-refractivity contribution is 5.89. The van der Waals surface area contributed by atoms with Crippen LogP contribution >= 0.6 is 0 Å². The highest BCUT2D eigenvalue weighted by Crippen LogP contribution is 2.17. The van der Waals surface area contributed by atoms with Gasteiger partial charge in [0, 0.05) is 30.2 Å². The van der Waals surface area contributed by atoms with Crippen LogP contribution in [0.3, 0.4) is 0 Å². The van der Waals surface area contributed by atoms with Crippen LogP contribution in [-0.4, -0.2) is 30.5 Å². The number of furan rings is 1. The molecule has 1 amide bonds. The lowest BCUT2D eigenvalue weighted by Gasteiger charge is -2.08. The van der Waals surface area contributed by atoms with E-state index in [2.05, 4.69) is 20.5 Å². The monoisotopic (exact) mass is 348 g/mol. The Bertz CT molecular complexity index is 988. The van der Waals surface area contributed by atoms with Gasteiger partial charge in [0.25, 0.3) is 0 Å². The van der Waals surface area contributed by atoms with E-state index in [9.17, 15) is 4.79 Å². The first kappa shape index (κ1) is 15.8. The summed E-state index contributed by atoms with van der Waals surface area (Å²) in [5.41, 5.74) is 1.94. The predicted molar refractivity (Wildman–Crippen MR) is 94.1 cm³/mol. The fourth-order valence-electron chi connectivity index (χ4n) is 2.59. The summed E-state index contributed by atoms with van der Waals surface area (Å²) < 4.78 is 8.58. The molecule has 8 nitrogen and oxygen atoms in total. The van der Waals surface area contributed by atoms with Crippen LogP contribution in [-0.2, 0) is 17.9 Å². The number of nitrogens with zero attached hydrogens (tertiary/aromatic N) is 5. The molecule has 8 heteroatoms. The van der Waals surface area contributed by atoms with Gasteiger partial charge in [0.2, 0.25) is 5.91 Å². The molecule has 4 rings (SSSR count). The number of carbonyl (C=O) groups is 1. The summed E-state index contributed by atoms with van der Waals surface area (Å²) in [6.45, 7) is 0.556. The number of rotatable bonds is 6. The van der Waals surface area contributed by atoms with Gasteiger partial charge in [-0.05, 0) is 29.8 Å². The number of carbonyl (C=O) groups excluding carboxylic acids is 1. The lowest BCUT2D eigenvalue weighted by atomic mass is 10.1. The number of pyridine rings is 1. The van der Waals surface area contributed by atoms with Gasteiger partial charge in [-0.15, -0.1) is 0 Å². The van der Waals surface area contributed by atoms with Gasteiger partial charge in [-0.25, -0.2) is 4.68 Å². The van der Waals surface area contributed by atoms with Crippen LogP contribution in [0.4, 0.5) is 5.82 Å². The molecule has 0 radical (unpaired) electrons. The molecule has 0 spiro atoms. The molecule has 26 heavy (non-hydrogen) atoms. The van der Waals surface area contributed by atoms with Crippen LogP contribution in [0, 0.1) is 0 Å². The second-order valence-electron chi connectivity index (χ2n) is 5.66. The Kier molecular flexibility index (Phi) is 4.29. The van der Waals surface area contributed by atoms with Crippen LogP contribution in [0.5, 0.6) is 0 Å². The van der Waals surface area contributed by atoms with Crippen molar-refractivity contribution in [1.82, 2.24) is 24.5 Å². The topological polar surface area (TPSA) is 90.8 Å². The minimum absolute atomic E-state index is 0.108. The van der Waals surface area contributed by atoms with Crippen LogP contribution in [0.25, 0.3) is 11.1 Å². The molecule has 0 atom stereocenters. The predicted octanol–water partition coefficient (Wildman–Crippen LogP) is 2.42. The lowest BCUT2D eigenvalue weighted by molar-refractivity contribution is -0.116. The van der Waals surface area contributed by atoms with Crippen LogP contribution < -0.4 is 5.32 Å². The third-order valence-corrected chi connectivity index (χ3v) is 3.82. The Labute approximate surface area is 149 Å². The lowest BCUT2D eigenvalue weighted by Crippen LogP contribution is -2.21. The van der Waals surface area contributed by atoms with Crippen molar-refractivity contribution in [2.24, 2.45) is 0 Å². The minimum atomic E-state index is -0.185. The number of nitrogens with one attached hydrogen (secondary N) is 1. The zero-order chi connectivity index (χ0) is 17.8. The maximum absolute atomic E-state index is 12.3. The minimum Gasteiger partial charge on any atom is -0.467 e. The number of aromatic nitrogens is 5. The Hall–Kier alpha value is -3.68. The first-order valence-electron chi connectivity index (χ1n) is 8.05. The molecule has 0 bridgehead atoms. The summed E-state index contributed by atoms with van der Waals surface area (Å²) >= 11 is 0. The Balaban J connectivity index is 1.41. The van der Waals surface area contributed by atoms with Gasteiger partial charge in [-0.2, -0.15) is 10.2 Å². The van der Waals surface area contributed by atoms with Crippen molar-refractivity contribution in [2.45, 2.75) is 13.1 Å². The summed E-state index contributed by atoms with van der Waals surface area (Å²) in [5.74, 6) is 1.18. The zero-order valence-corrected chi connectivity index (χ0v) is 13.8. The highest BCUT2D eigenvalue weighted by atomic mass is 16.3. The normalized spacial score (nSPS) is 10.8. The van der Waals surface area contributed by atoms with Crippen molar-refractivity contribution in [3.63, 3.8) is 0 Å². The molecule has 1 N–H and O–H groups in total. The first-order valence-corrected chi connectivity index (χ1v) is 8.05. The molecular weight excluding hydrogens is 332 g/mol. The molecule has 4 aromatic heterocycles. The Morgan fingerprint density at radius 2 is 1.96 bits per heavy atom. The molecule has 0 aliphatic heterocycles. The van der Waals surface area contributed by atoms with E-state index in [0.29, 0.717) is 12.4 Å². The van der Waals surface area contributed by atoms with Gasteiger partial charge < -0.3 is 9.73 Å².